The second-order valence-corrected chi connectivity index (χ2v) is 7.84. The molecular weight excluding hydrogens is 334 g/mol. The van der Waals surface area contributed by atoms with E-state index in [1.54, 1.807) is 0 Å². The monoisotopic (exact) mass is 357 g/mol. The van der Waals surface area contributed by atoms with Crippen LogP contribution in [0.3, 0.4) is 0 Å². The SMILES string of the molecule is CC1CCC(C(C)C)C(NCc2cc(Cl)ccc2Br)C1. The van der Waals surface area contributed by atoms with Gasteiger partial charge in [0.1, 0.15) is 0 Å². The summed E-state index contributed by atoms with van der Waals surface area (Å²) in [6, 6.07) is 6.64. The molecule has 0 saturated heterocycles. The predicted molar refractivity (Wildman–Crippen MR) is 91.1 cm³/mol. The highest BCUT2D eigenvalue weighted by Gasteiger charge is 2.30. The van der Waals surface area contributed by atoms with E-state index in [9.17, 15) is 0 Å². The van der Waals surface area contributed by atoms with Gasteiger partial charge in [0, 0.05) is 22.1 Å². The lowest BCUT2D eigenvalue weighted by Crippen LogP contribution is -2.42. The molecule has 1 fully saturated rings. The molecule has 3 unspecified atom stereocenters. The fraction of sp³-hybridized carbons (Fsp3) is 0.647. The van der Waals surface area contributed by atoms with E-state index in [4.69, 9.17) is 11.6 Å². The molecular formula is C17H25BrClN. The second-order valence-electron chi connectivity index (χ2n) is 6.55. The summed E-state index contributed by atoms with van der Waals surface area (Å²) >= 11 is 9.70. The van der Waals surface area contributed by atoms with Crippen LogP contribution < -0.4 is 5.32 Å². The van der Waals surface area contributed by atoms with Crippen LogP contribution >= 0.6 is 27.5 Å². The highest BCUT2D eigenvalue weighted by atomic mass is 79.9. The van der Waals surface area contributed by atoms with Gasteiger partial charge in [0.15, 0.2) is 0 Å². The zero-order valence-corrected chi connectivity index (χ0v) is 15.0. The molecule has 1 nitrogen and oxygen atoms in total. The van der Waals surface area contributed by atoms with E-state index >= 15 is 0 Å². The number of halogens is 2. The fourth-order valence-corrected chi connectivity index (χ4v) is 3.94. The van der Waals surface area contributed by atoms with E-state index in [0.29, 0.717) is 6.04 Å². The van der Waals surface area contributed by atoms with Gasteiger partial charge in [-0.2, -0.15) is 0 Å². The van der Waals surface area contributed by atoms with E-state index in [0.717, 1.165) is 33.8 Å². The average Bonchev–Trinajstić information content (AvgIpc) is 2.39. The van der Waals surface area contributed by atoms with Crippen molar-refractivity contribution in [1.82, 2.24) is 5.32 Å². The third kappa shape index (κ3) is 4.22. The molecule has 0 bridgehead atoms. The van der Waals surface area contributed by atoms with E-state index < -0.39 is 0 Å². The lowest BCUT2D eigenvalue weighted by atomic mass is 9.74. The minimum absolute atomic E-state index is 0.629. The molecule has 1 aromatic rings. The number of nitrogens with one attached hydrogen (secondary N) is 1. The second kappa shape index (κ2) is 7.29. The number of benzene rings is 1. The van der Waals surface area contributed by atoms with Crippen LogP contribution in [0.2, 0.25) is 5.02 Å². The van der Waals surface area contributed by atoms with Crippen LogP contribution in [-0.2, 0) is 6.54 Å². The van der Waals surface area contributed by atoms with Crippen molar-refractivity contribution in [2.45, 2.75) is 52.6 Å². The number of hydrogen-bond acceptors (Lipinski definition) is 1. The van der Waals surface area contributed by atoms with Crippen molar-refractivity contribution < 1.29 is 0 Å². The van der Waals surface area contributed by atoms with Gasteiger partial charge >= 0.3 is 0 Å². The number of hydrogen-bond donors (Lipinski definition) is 1. The summed E-state index contributed by atoms with van der Waals surface area (Å²) in [6.07, 6.45) is 4.02. The van der Waals surface area contributed by atoms with E-state index in [2.05, 4.69) is 48.1 Å². The summed E-state index contributed by atoms with van der Waals surface area (Å²) in [6.45, 7) is 7.97. The highest BCUT2D eigenvalue weighted by molar-refractivity contribution is 9.10. The molecule has 112 valence electrons. The molecule has 3 heteroatoms. The van der Waals surface area contributed by atoms with Crippen LogP contribution in [0, 0.1) is 17.8 Å². The van der Waals surface area contributed by atoms with Crippen LogP contribution in [0.5, 0.6) is 0 Å². The number of rotatable bonds is 4. The van der Waals surface area contributed by atoms with Crippen LogP contribution in [0.25, 0.3) is 0 Å². The molecule has 0 radical (unpaired) electrons. The first-order chi connectivity index (χ1) is 9.47. The minimum Gasteiger partial charge on any atom is -0.310 e. The zero-order chi connectivity index (χ0) is 14.7. The van der Waals surface area contributed by atoms with Crippen LogP contribution in [-0.4, -0.2) is 6.04 Å². The first kappa shape index (κ1) is 16.3. The maximum atomic E-state index is 6.09. The Labute approximate surface area is 136 Å². The Kier molecular flexibility index (Phi) is 5.95. The molecule has 1 aliphatic rings. The van der Waals surface area contributed by atoms with Gasteiger partial charge in [0.05, 0.1) is 0 Å². The van der Waals surface area contributed by atoms with Gasteiger partial charge in [-0.05, 0) is 54.4 Å². The maximum Gasteiger partial charge on any atom is 0.0410 e. The largest absolute Gasteiger partial charge is 0.310 e. The molecule has 0 spiro atoms. The van der Waals surface area contributed by atoms with Gasteiger partial charge in [0.25, 0.3) is 0 Å². The lowest BCUT2D eigenvalue weighted by Gasteiger charge is -2.38. The van der Waals surface area contributed by atoms with Gasteiger partial charge in [0.2, 0.25) is 0 Å². The van der Waals surface area contributed by atoms with Crippen LogP contribution in [0.15, 0.2) is 22.7 Å². The van der Waals surface area contributed by atoms with Gasteiger partial charge in [-0.1, -0.05) is 54.7 Å². The van der Waals surface area contributed by atoms with Gasteiger partial charge < -0.3 is 5.32 Å². The smallest absolute Gasteiger partial charge is 0.0410 e. The molecule has 0 amide bonds. The fourth-order valence-electron chi connectivity index (χ4n) is 3.36. The van der Waals surface area contributed by atoms with Crippen LogP contribution in [0.1, 0.15) is 45.6 Å². The summed E-state index contributed by atoms with van der Waals surface area (Å²) in [5, 5.41) is 4.59. The molecule has 20 heavy (non-hydrogen) atoms. The van der Waals surface area contributed by atoms with Crippen molar-refractivity contribution in [2.24, 2.45) is 17.8 Å². The quantitative estimate of drug-likeness (QED) is 0.733. The summed E-state index contributed by atoms with van der Waals surface area (Å²) in [7, 11) is 0. The Morgan fingerprint density at radius 3 is 2.80 bits per heavy atom. The zero-order valence-electron chi connectivity index (χ0n) is 12.6. The Bertz CT molecular complexity index is 447. The predicted octanol–water partition coefficient (Wildman–Crippen LogP) is 5.65. The van der Waals surface area contributed by atoms with Gasteiger partial charge in [-0.3, -0.25) is 0 Å². The van der Waals surface area contributed by atoms with Crippen molar-refractivity contribution in [3.05, 3.63) is 33.3 Å². The third-order valence-corrected chi connectivity index (χ3v) is 5.59. The van der Waals surface area contributed by atoms with E-state index in [-0.39, 0.29) is 0 Å². The summed E-state index contributed by atoms with van der Waals surface area (Å²) < 4.78 is 1.14. The molecule has 1 aliphatic carbocycles. The molecule has 0 heterocycles. The Morgan fingerprint density at radius 1 is 1.35 bits per heavy atom. The topological polar surface area (TPSA) is 12.0 Å². The van der Waals surface area contributed by atoms with Crippen LogP contribution in [0.4, 0.5) is 0 Å². The Balaban J connectivity index is 2.01. The van der Waals surface area contributed by atoms with Gasteiger partial charge in [-0.15, -0.1) is 0 Å². The minimum atomic E-state index is 0.629. The standard InChI is InChI=1S/C17H25BrClN/c1-11(2)15-6-4-12(3)8-17(15)20-10-13-9-14(19)5-7-16(13)18/h5,7,9,11-12,15,17,20H,4,6,8,10H2,1-3H3. The normalized spacial score (nSPS) is 27.0. The first-order valence-electron chi connectivity index (χ1n) is 7.64. The lowest BCUT2D eigenvalue weighted by molar-refractivity contribution is 0.169. The van der Waals surface area contributed by atoms with Crippen molar-refractivity contribution in [3.63, 3.8) is 0 Å². The third-order valence-electron chi connectivity index (χ3n) is 4.58. The molecule has 0 aromatic heterocycles. The Hall–Kier alpha value is -0.0500. The van der Waals surface area contributed by atoms with E-state index in [1.807, 2.05) is 12.1 Å². The molecule has 0 aliphatic heterocycles. The Morgan fingerprint density at radius 2 is 2.10 bits per heavy atom. The van der Waals surface area contributed by atoms with Crippen molar-refractivity contribution >= 4 is 27.5 Å². The molecule has 3 atom stereocenters. The molecule has 1 saturated carbocycles. The highest BCUT2D eigenvalue weighted by Crippen LogP contribution is 2.34. The molecule has 1 aromatic carbocycles. The van der Waals surface area contributed by atoms with E-state index in [1.165, 1.54) is 24.8 Å². The van der Waals surface area contributed by atoms with Crippen molar-refractivity contribution in [1.29, 1.82) is 0 Å². The average molecular weight is 359 g/mol. The van der Waals surface area contributed by atoms with Crippen molar-refractivity contribution in [3.8, 4) is 0 Å². The maximum absolute atomic E-state index is 6.09. The van der Waals surface area contributed by atoms with Crippen molar-refractivity contribution in [2.75, 3.05) is 0 Å². The first-order valence-corrected chi connectivity index (χ1v) is 8.81. The summed E-state index contributed by atoms with van der Waals surface area (Å²) in [5.41, 5.74) is 1.25. The summed E-state index contributed by atoms with van der Waals surface area (Å²) in [5.74, 6) is 2.39. The van der Waals surface area contributed by atoms with Gasteiger partial charge in [-0.25, -0.2) is 0 Å². The summed E-state index contributed by atoms with van der Waals surface area (Å²) in [4.78, 5) is 0. The molecule has 1 N–H and O–H groups in total. The molecule has 2 rings (SSSR count).